The van der Waals surface area contributed by atoms with Crippen molar-refractivity contribution < 1.29 is 38.5 Å². The molecule has 6 fully saturated rings. The normalized spacial score (nSPS) is 35.3. The topological polar surface area (TPSA) is 127 Å². The summed E-state index contributed by atoms with van der Waals surface area (Å²) >= 11 is 0. The third kappa shape index (κ3) is 4.24. The number of carbonyl (C=O) groups excluding carboxylic acids is 3. The van der Waals surface area contributed by atoms with E-state index < -0.39 is 47.6 Å². The molecule has 0 aromatic heterocycles. The first-order valence-electron chi connectivity index (χ1n) is 14.6. The first-order chi connectivity index (χ1) is 19.8. The van der Waals surface area contributed by atoms with Gasteiger partial charge in [0.2, 0.25) is 11.8 Å². The zero-order valence-corrected chi connectivity index (χ0v) is 23.4. The molecule has 2 amide bonds. The Bertz CT molecular complexity index is 1260. The van der Waals surface area contributed by atoms with Gasteiger partial charge in [0.05, 0.1) is 13.2 Å². The van der Waals surface area contributed by atoms with E-state index in [1.807, 2.05) is 24.3 Å². The Morgan fingerprint density at radius 2 is 1.83 bits per heavy atom. The van der Waals surface area contributed by atoms with Gasteiger partial charge >= 0.3 is 5.97 Å². The first kappa shape index (κ1) is 27.0. The lowest BCUT2D eigenvalue weighted by Crippen LogP contribution is -2.69. The van der Waals surface area contributed by atoms with E-state index in [9.17, 15) is 19.5 Å². The summed E-state index contributed by atoms with van der Waals surface area (Å²) in [7, 11) is 3.37. The molecule has 1 aromatic carbocycles. The molecule has 0 unspecified atom stereocenters. The van der Waals surface area contributed by atoms with Crippen LogP contribution in [0.1, 0.15) is 43.2 Å². The van der Waals surface area contributed by atoms with Gasteiger partial charge in [-0.15, -0.1) is 0 Å². The van der Waals surface area contributed by atoms with Crippen molar-refractivity contribution in [2.45, 2.75) is 74.9 Å². The Morgan fingerprint density at radius 1 is 1.12 bits per heavy atom. The fourth-order valence-electron chi connectivity index (χ4n) is 7.32. The average Bonchev–Trinajstić information content (AvgIpc) is 3.90. The number of amides is 2. The lowest BCUT2D eigenvalue weighted by Gasteiger charge is -2.48. The van der Waals surface area contributed by atoms with E-state index in [-0.39, 0.29) is 37.9 Å². The minimum absolute atomic E-state index is 0.0623. The zero-order valence-electron chi connectivity index (χ0n) is 23.4. The molecule has 3 heterocycles. The van der Waals surface area contributed by atoms with Gasteiger partial charge in [-0.05, 0) is 42.9 Å². The van der Waals surface area contributed by atoms with E-state index in [0.29, 0.717) is 11.8 Å². The van der Waals surface area contributed by atoms with Crippen LogP contribution >= 0.6 is 0 Å². The monoisotopic (exact) mass is 567 g/mol. The van der Waals surface area contributed by atoms with Crippen LogP contribution in [0, 0.1) is 17.3 Å². The predicted octanol–water partition coefficient (Wildman–Crippen LogP) is 0.997. The summed E-state index contributed by atoms with van der Waals surface area (Å²) in [6.45, 7) is 0.0210. The molecule has 0 radical (unpaired) electrons. The smallest absolute Gasteiger partial charge is 0.327 e. The number of carbonyl (C=O) groups is 3. The van der Waals surface area contributed by atoms with Crippen molar-refractivity contribution in [1.29, 1.82) is 0 Å². The van der Waals surface area contributed by atoms with Gasteiger partial charge in [-0.25, -0.2) is 0 Å². The molecule has 3 aliphatic heterocycles. The molecule has 11 nitrogen and oxygen atoms in total. The van der Waals surface area contributed by atoms with Crippen LogP contribution in [0.3, 0.4) is 0 Å². The molecule has 2 bridgehead atoms. The van der Waals surface area contributed by atoms with Gasteiger partial charge in [-0.1, -0.05) is 24.3 Å². The first-order valence-corrected chi connectivity index (χ1v) is 14.6. The number of hydrogen-bond donors (Lipinski definition) is 2. The summed E-state index contributed by atoms with van der Waals surface area (Å²) in [6, 6.07) is 6.54. The molecule has 7 rings (SSSR count). The molecular weight excluding hydrogens is 530 g/mol. The molecule has 3 aliphatic carbocycles. The van der Waals surface area contributed by atoms with Crippen LogP contribution < -0.4 is 5.32 Å². The minimum Gasteiger partial charge on any atom is -0.458 e. The molecule has 1 aromatic rings. The van der Waals surface area contributed by atoms with Crippen molar-refractivity contribution in [3.05, 3.63) is 41.5 Å². The Labute approximate surface area is 238 Å². The molecule has 0 spiro atoms. The number of hydrogen-bond acceptors (Lipinski definition) is 9. The molecule has 2 N–H and O–H groups in total. The summed E-state index contributed by atoms with van der Waals surface area (Å²) in [5, 5.41) is 13.8. The summed E-state index contributed by atoms with van der Waals surface area (Å²) in [4.78, 5) is 48.0. The number of aliphatic hydroxyl groups excluding tert-OH is 1. The highest BCUT2D eigenvalue weighted by Gasteiger charge is 2.78. The fraction of sp³-hybridized carbons (Fsp3) is 0.633. The minimum atomic E-state index is -1.27. The number of esters is 1. The quantitative estimate of drug-likeness (QED) is 0.332. The fourth-order valence-corrected chi connectivity index (χ4v) is 7.32. The Hall–Kier alpha value is -2.83. The van der Waals surface area contributed by atoms with Gasteiger partial charge < -0.3 is 29.5 Å². The van der Waals surface area contributed by atoms with Gasteiger partial charge in [0.25, 0.3) is 0 Å². The van der Waals surface area contributed by atoms with E-state index >= 15 is 0 Å². The lowest BCUT2D eigenvalue weighted by atomic mass is 9.62. The predicted molar refractivity (Wildman–Crippen MR) is 143 cm³/mol. The molecule has 11 heteroatoms. The molecular formula is C30H37N3O8. The molecule has 6 aliphatic rings. The third-order valence-electron chi connectivity index (χ3n) is 9.53. The second-order valence-corrected chi connectivity index (χ2v) is 12.4. The number of rotatable bonds is 9. The number of nitrogens with zero attached hydrogens (tertiary/aromatic N) is 2. The van der Waals surface area contributed by atoms with Crippen molar-refractivity contribution in [1.82, 2.24) is 15.3 Å². The Kier molecular flexibility index (Phi) is 6.51. The van der Waals surface area contributed by atoms with Gasteiger partial charge in [0.15, 0.2) is 11.8 Å². The van der Waals surface area contributed by atoms with Crippen LogP contribution in [0.4, 0.5) is 0 Å². The Morgan fingerprint density at radius 3 is 2.51 bits per heavy atom. The zero-order chi connectivity index (χ0) is 28.5. The molecule has 6 atom stereocenters. The van der Waals surface area contributed by atoms with E-state index in [1.54, 1.807) is 25.2 Å². The summed E-state index contributed by atoms with van der Waals surface area (Å²) in [5.74, 6) is -1.16. The summed E-state index contributed by atoms with van der Waals surface area (Å²) in [6.07, 6.45) is 5.11. The van der Waals surface area contributed by atoms with Crippen molar-refractivity contribution in [3.8, 4) is 0 Å². The highest BCUT2D eigenvalue weighted by molar-refractivity contribution is 5.94. The maximum absolute atomic E-state index is 14.0. The van der Waals surface area contributed by atoms with Gasteiger partial charge in [0.1, 0.15) is 29.8 Å². The van der Waals surface area contributed by atoms with Gasteiger partial charge in [-0.2, -0.15) is 5.06 Å². The summed E-state index contributed by atoms with van der Waals surface area (Å²) in [5.41, 5.74) is 0.344. The van der Waals surface area contributed by atoms with Gasteiger partial charge in [-0.3, -0.25) is 19.2 Å². The number of likely N-dealkylation sites (N-methyl/N-ethyl adjacent to an activating group) is 1. The maximum Gasteiger partial charge on any atom is 0.327 e. The van der Waals surface area contributed by atoms with Crippen molar-refractivity contribution >= 4 is 23.9 Å². The van der Waals surface area contributed by atoms with Crippen LogP contribution in [-0.2, 0) is 40.0 Å². The second-order valence-electron chi connectivity index (χ2n) is 12.4. The lowest BCUT2D eigenvalue weighted by molar-refractivity contribution is -0.235. The SMILES string of the molecule is CN(C)C(=O)C=Cc1ccccc1CN1O[C@@H]2[C@H]3OC(C4CC4)(C4CC4)O[C@H]3[C@H]3C[C@]2(C(=O)NCCO)[C@@H]1C(=O)O3. The van der Waals surface area contributed by atoms with Crippen LogP contribution in [0.15, 0.2) is 30.3 Å². The van der Waals surface area contributed by atoms with E-state index in [4.69, 9.17) is 19.0 Å². The van der Waals surface area contributed by atoms with Crippen LogP contribution in [0.25, 0.3) is 6.08 Å². The largest absolute Gasteiger partial charge is 0.458 e. The maximum atomic E-state index is 14.0. The average molecular weight is 568 g/mol. The molecule has 220 valence electrons. The summed E-state index contributed by atoms with van der Waals surface area (Å²) < 4.78 is 19.6. The van der Waals surface area contributed by atoms with Crippen LogP contribution in [0.2, 0.25) is 0 Å². The van der Waals surface area contributed by atoms with Crippen molar-refractivity contribution in [2.75, 3.05) is 27.2 Å². The molecule has 3 saturated carbocycles. The molecule has 41 heavy (non-hydrogen) atoms. The number of benzene rings is 1. The highest BCUT2D eigenvalue weighted by atomic mass is 16.8. The van der Waals surface area contributed by atoms with E-state index in [1.165, 1.54) is 11.0 Å². The number of fused-ring (bicyclic) bond motifs is 4. The molecule has 3 saturated heterocycles. The van der Waals surface area contributed by atoms with Crippen LogP contribution in [-0.4, -0.2) is 96.3 Å². The number of hydroxylamine groups is 2. The third-order valence-corrected chi connectivity index (χ3v) is 9.53. The number of ether oxygens (including phenoxy) is 3. The number of aliphatic hydroxyl groups is 1. The van der Waals surface area contributed by atoms with Crippen molar-refractivity contribution in [3.63, 3.8) is 0 Å². The second kappa shape index (κ2) is 9.88. The van der Waals surface area contributed by atoms with E-state index in [0.717, 1.165) is 36.8 Å². The number of nitrogens with one attached hydrogen (secondary N) is 1. The van der Waals surface area contributed by atoms with Crippen molar-refractivity contribution in [2.24, 2.45) is 17.3 Å². The standard InChI is InChI=1S/C30H37N3O8/c1-32(2)22(35)12-7-17-5-3-4-6-18(17)16-33-25-27(36)38-21-15-29(25,28(37)31-13-14-34)26(41-33)24-23(21)39-30(40-24,19-8-9-19)20-10-11-20/h3-7,12,19-21,23-26,34H,8-11,13-16H2,1-2H3,(H,31,37)/t21-,23+,24+,25+,26-,29+/m1/s1. The van der Waals surface area contributed by atoms with Gasteiger partial charge in [0, 0.05) is 45.0 Å². The van der Waals surface area contributed by atoms with E-state index in [2.05, 4.69) is 5.32 Å². The Balaban J connectivity index is 1.25. The van der Waals surface area contributed by atoms with Crippen LogP contribution in [0.5, 0.6) is 0 Å². The highest BCUT2D eigenvalue weighted by Crippen LogP contribution is 2.63.